The maximum Gasteiger partial charge on any atom is 0.201 e. The Balaban J connectivity index is 2.03. The fourth-order valence-electron chi connectivity index (χ4n) is 2.41. The van der Waals surface area contributed by atoms with Crippen LogP contribution in [0.25, 0.3) is 11.0 Å². The Morgan fingerprint density at radius 1 is 1.47 bits per heavy atom. The van der Waals surface area contributed by atoms with Crippen LogP contribution >= 0.6 is 0 Å². The minimum atomic E-state index is -0.263. The second-order valence-electron chi connectivity index (χ2n) is 4.46. The predicted octanol–water partition coefficient (Wildman–Crippen LogP) is 2.11. The van der Waals surface area contributed by atoms with Gasteiger partial charge in [-0.15, -0.1) is 0 Å². The Kier molecular flexibility index (Phi) is 2.29. The van der Waals surface area contributed by atoms with E-state index in [4.69, 9.17) is 10.5 Å². The molecule has 0 radical (unpaired) electrons. The summed E-state index contributed by atoms with van der Waals surface area (Å²) in [4.78, 5) is 4.24. The molecule has 2 aromatic rings. The standard InChI is InChI=1S/C12H14FN3O/c1-17-9-5-8(6-9)16-11-4-7(13)2-3-10(11)15-12(16)14/h2-4,8-9H,5-6H2,1H3,(H2,14,15). The summed E-state index contributed by atoms with van der Waals surface area (Å²) in [6.07, 6.45) is 2.09. The molecule has 0 aliphatic heterocycles. The predicted molar refractivity (Wildman–Crippen MR) is 63.2 cm³/mol. The van der Waals surface area contributed by atoms with Gasteiger partial charge in [0.05, 0.1) is 17.1 Å². The van der Waals surface area contributed by atoms with Gasteiger partial charge < -0.3 is 15.0 Å². The van der Waals surface area contributed by atoms with Crippen LogP contribution in [-0.4, -0.2) is 22.8 Å². The Morgan fingerprint density at radius 3 is 2.94 bits per heavy atom. The van der Waals surface area contributed by atoms with Gasteiger partial charge in [0.15, 0.2) is 0 Å². The topological polar surface area (TPSA) is 53.1 Å². The van der Waals surface area contributed by atoms with Crippen molar-refractivity contribution in [2.45, 2.75) is 25.0 Å². The molecule has 1 aliphatic rings. The van der Waals surface area contributed by atoms with Crippen LogP contribution in [0.2, 0.25) is 0 Å². The quantitative estimate of drug-likeness (QED) is 0.867. The maximum atomic E-state index is 13.2. The third-order valence-corrected chi connectivity index (χ3v) is 3.45. The molecule has 1 heterocycles. The smallest absolute Gasteiger partial charge is 0.201 e. The Bertz CT molecular complexity index is 560. The summed E-state index contributed by atoms with van der Waals surface area (Å²) in [5, 5.41) is 0. The van der Waals surface area contributed by atoms with Crippen LogP contribution < -0.4 is 5.73 Å². The summed E-state index contributed by atoms with van der Waals surface area (Å²) in [5.74, 6) is 0.186. The van der Waals surface area contributed by atoms with Gasteiger partial charge in [-0.2, -0.15) is 0 Å². The zero-order valence-corrected chi connectivity index (χ0v) is 9.56. The average molecular weight is 235 g/mol. The first-order chi connectivity index (χ1) is 8.19. The van der Waals surface area contributed by atoms with E-state index in [0.717, 1.165) is 23.9 Å². The highest BCUT2D eigenvalue weighted by molar-refractivity contribution is 5.78. The van der Waals surface area contributed by atoms with Crippen LogP contribution in [0.5, 0.6) is 0 Å². The molecule has 5 heteroatoms. The van der Waals surface area contributed by atoms with E-state index < -0.39 is 0 Å². The molecule has 1 fully saturated rings. The zero-order valence-electron chi connectivity index (χ0n) is 9.56. The molecule has 1 aromatic carbocycles. The number of fused-ring (bicyclic) bond motifs is 1. The number of nitrogens with two attached hydrogens (primary N) is 1. The SMILES string of the molecule is COC1CC(n2c(N)nc3ccc(F)cc32)C1. The van der Waals surface area contributed by atoms with Gasteiger partial charge in [-0.25, -0.2) is 9.37 Å². The number of imidazole rings is 1. The lowest BCUT2D eigenvalue weighted by molar-refractivity contribution is 0.00797. The summed E-state index contributed by atoms with van der Waals surface area (Å²) < 4.78 is 20.4. The molecule has 1 aliphatic carbocycles. The number of aromatic nitrogens is 2. The number of ether oxygens (including phenoxy) is 1. The largest absolute Gasteiger partial charge is 0.381 e. The zero-order chi connectivity index (χ0) is 12.0. The van der Waals surface area contributed by atoms with Gasteiger partial charge in [-0.3, -0.25) is 0 Å². The molecule has 0 spiro atoms. The van der Waals surface area contributed by atoms with E-state index in [0.29, 0.717) is 5.95 Å². The molecule has 0 amide bonds. The summed E-state index contributed by atoms with van der Waals surface area (Å²) in [7, 11) is 1.70. The molecule has 17 heavy (non-hydrogen) atoms. The van der Waals surface area contributed by atoms with Crippen molar-refractivity contribution < 1.29 is 9.13 Å². The van der Waals surface area contributed by atoms with Gasteiger partial charge in [-0.1, -0.05) is 0 Å². The minimum Gasteiger partial charge on any atom is -0.381 e. The van der Waals surface area contributed by atoms with Crippen LogP contribution in [0.15, 0.2) is 18.2 Å². The van der Waals surface area contributed by atoms with Crippen molar-refractivity contribution in [2.24, 2.45) is 0 Å². The number of halogens is 1. The van der Waals surface area contributed by atoms with Gasteiger partial charge in [-0.05, 0) is 31.0 Å². The Hall–Kier alpha value is -1.62. The fourth-order valence-corrected chi connectivity index (χ4v) is 2.41. The third-order valence-electron chi connectivity index (χ3n) is 3.45. The van der Waals surface area contributed by atoms with Gasteiger partial charge in [0, 0.05) is 13.2 Å². The van der Waals surface area contributed by atoms with Crippen molar-refractivity contribution in [2.75, 3.05) is 12.8 Å². The van der Waals surface area contributed by atoms with Gasteiger partial charge in [0.1, 0.15) is 5.82 Å². The molecule has 1 saturated carbocycles. The van der Waals surface area contributed by atoms with Crippen molar-refractivity contribution >= 4 is 17.0 Å². The van der Waals surface area contributed by atoms with E-state index in [2.05, 4.69) is 4.98 Å². The number of benzene rings is 1. The molecule has 1 aromatic heterocycles. The lowest BCUT2D eigenvalue weighted by atomic mass is 9.89. The van der Waals surface area contributed by atoms with Gasteiger partial charge in [0.25, 0.3) is 0 Å². The summed E-state index contributed by atoms with van der Waals surface area (Å²) in [6.45, 7) is 0. The number of anilines is 1. The van der Waals surface area contributed by atoms with E-state index in [9.17, 15) is 4.39 Å². The average Bonchev–Trinajstić information content (AvgIpc) is 2.54. The normalized spacial score (nSPS) is 23.9. The van der Waals surface area contributed by atoms with E-state index in [-0.39, 0.29) is 18.0 Å². The molecule has 0 atom stereocenters. The van der Waals surface area contributed by atoms with Crippen LogP contribution in [0.4, 0.5) is 10.3 Å². The number of rotatable bonds is 2. The molecule has 3 rings (SSSR count). The van der Waals surface area contributed by atoms with Crippen molar-refractivity contribution in [3.63, 3.8) is 0 Å². The Labute approximate surface area is 98.2 Å². The second kappa shape index (κ2) is 3.70. The van der Waals surface area contributed by atoms with Crippen LogP contribution in [0.3, 0.4) is 0 Å². The minimum absolute atomic E-state index is 0.263. The fraction of sp³-hybridized carbons (Fsp3) is 0.417. The van der Waals surface area contributed by atoms with Crippen molar-refractivity contribution in [3.8, 4) is 0 Å². The molecular weight excluding hydrogens is 221 g/mol. The Morgan fingerprint density at radius 2 is 2.24 bits per heavy atom. The van der Waals surface area contributed by atoms with E-state index in [1.165, 1.54) is 12.1 Å². The van der Waals surface area contributed by atoms with Crippen LogP contribution in [0, 0.1) is 5.82 Å². The highest BCUT2D eigenvalue weighted by Gasteiger charge is 2.32. The van der Waals surface area contributed by atoms with Gasteiger partial charge in [0.2, 0.25) is 5.95 Å². The second-order valence-corrected chi connectivity index (χ2v) is 4.46. The first-order valence-corrected chi connectivity index (χ1v) is 5.65. The van der Waals surface area contributed by atoms with Crippen molar-refractivity contribution in [1.82, 2.24) is 9.55 Å². The molecule has 0 unspecified atom stereocenters. The first-order valence-electron chi connectivity index (χ1n) is 5.65. The lowest BCUT2D eigenvalue weighted by Crippen LogP contribution is -2.33. The molecule has 0 saturated heterocycles. The maximum absolute atomic E-state index is 13.2. The highest BCUT2D eigenvalue weighted by atomic mass is 19.1. The highest BCUT2D eigenvalue weighted by Crippen LogP contribution is 2.38. The van der Waals surface area contributed by atoms with Gasteiger partial charge >= 0.3 is 0 Å². The number of hydrogen-bond donors (Lipinski definition) is 1. The molecular formula is C12H14FN3O. The summed E-state index contributed by atoms with van der Waals surface area (Å²) in [5.41, 5.74) is 7.40. The number of methoxy groups -OCH3 is 1. The van der Waals surface area contributed by atoms with Crippen LogP contribution in [-0.2, 0) is 4.74 Å². The van der Waals surface area contributed by atoms with E-state index in [1.54, 1.807) is 13.2 Å². The van der Waals surface area contributed by atoms with Crippen LogP contribution in [0.1, 0.15) is 18.9 Å². The summed E-state index contributed by atoms with van der Waals surface area (Å²) in [6, 6.07) is 4.81. The molecule has 2 N–H and O–H groups in total. The molecule has 90 valence electrons. The number of hydrogen-bond acceptors (Lipinski definition) is 3. The van der Waals surface area contributed by atoms with E-state index >= 15 is 0 Å². The first kappa shape index (κ1) is 10.5. The third kappa shape index (κ3) is 1.58. The monoisotopic (exact) mass is 235 g/mol. The van der Waals surface area contributed by atoms with Crippen molar-refractivity contribution in [1.29, 1.82) is 0 Å². The molecule has 0 bridgehead atoms. The van der Waals surface area contributed by atoms with Crippen molar-refractivity contribution in [3.05, 3.63) is 24.0 Å². The van der Waals surface area contributed by atoms with E-state index in [1.807, 2.05) is 4.57 Å². The molecule has 4 nitrogen and oxygen atoms in total. The lowest BCUT2D eigenvalue weighted by Gasteiger charge is -2.35. The summed E-state index contributed by atoms with van der Waals surface area (Å²) >= 11 is 0. The number of nitrogens with zero attached hydrogens (tertiary/aromatic N) is 2. The number of nitrogen functional groups attached to an aromatic ring is 1.